The van der Waals surface area contributed by atoms with Gasteiger partial charge in [-0.1, -0.05) is 54.4 Å². The van der Waals surface area contributed by atoms with E-state index in [0.717, 1.165) is 22.9 Å². The van der Waals surface area contributed by atoms with Gasteiger partial charge in [0.1, 0.15) is 0 Å². The minimum Gasteiger partial charge on any atom is -0.385 e. The lowest BCUT2D eigenvalue weighted by atomic mass is 9.86. The van der Waals surface area contributed by atoms with Crippen LogP contribution in [0.2, 0.25) is 0 Å². The molecule has 0 saturated heterocycles. The third-order valence-electron chi connectivity index (χ3n) is 2.90. The van der Waals surface area contributed by atoms with Gasteiger partial charge in [-0.25, -0.2) is 0 Å². The number of rotatable bonds is 4. The van der Waals surface area contributed by atoms with E-state index < -0.39 is 5.60 Å². The van der Waals surface area contributed by atoms with E-state index >= 15 is 0 Å². The van der Waals surface area contributed by atoms with Crippen molar-refractivity contribution in [3.05, 3.63) is 34.3 Å². The average Bonchev–Trinajstić information content (AvgIpc) is 2.17. The topological polar surface area (TPSA) is 20.2 Å². The van der Waals surface area contributed by atoms with Gasteiger partial charge in [-0.05, 0) is 30.9 Å². The van der Waals surface area contributed by atoms with Crippen LogP contribution in [0.1, 0.15) is 39.2 Å². The van der Waals surface area contributed by atoms with Gasteiger partial charge in [0, 0.05) is 4.47 Å². The van der Waals surface area contributed by atoms with E-state index in [1.807, 2.05) is 31.2 Å². The van der Waals surface area contributed by atoms with Gasteiger partial charge >= 0.3 is 0 Å². The summed E-state index contributed by atoms with van der Waals surface area (Å²) >= 11 is 3.48. The Morgan fingerprint density at radius 1 is 1.40 bits per heavy atom. The molecular weight excluding hydrogens is 252 g/mol. The molecule has 0 radical (unpaired) electrons. The monoisotopic (exact) mass is 270 g/mol. The fourth-order valence-electron chi connectivity index (χ4n) is 1.83. The van der Waals surface area contributed by atoms with Crippen LogP contribution in [0, 0.1) is 5.92 Å². The molecule has 84 valence electrons. The lowest BCUT2D eigenvalue weighted by Gasteiger charge is -2.27. The molecule has 1 N–H and O–H groups in total. The van der Waals surface area contributed by atoms with E-state index in [-0.39, 0.29) is 0 Å². The van der Waals surface area contributed by atoms with Crippen LogP contribution >= 0.6 is 15.9 Å². The maximum Gasteiger partial charge on any atom is 0.0881 e. The van der Waals surface area contributed by atoms with Crippen molar-refractivity contribution >= 4 is 15.9 Å². The van der Waals surface area contributed by atoms with Crippen LogP contribution in [0.3, 0.4) is 0 Å². The highest BCUT2D eigenvalue weighted by Crippen LogP contribution is 2.33. The first-order valence-electron chi connectivity index (χ1n) is 5.44. The summed E-state index contributed by atoms with van der Waals surface area (Å²) in [5, 5.41) is 10.4. The fraction of sp³-hybridized carbons (Fsp3) is 0.538. The van der Waals surface area contributed by atoms with E-state index in [1.54, 1.807) is 0 Å². The lowest BCUT2D eigenvalue weighted by molar-refractivity contribution is 0.0312. The van der Waals surface area contributed by atoms with Gasteiger partial charge in [0.15, 0.2) is 0 Å². The molecule has 0 aliphatic rings. The van der Waals surface area contributed by atoms with E-state index in [4.69, 9.17) is 0 Å². The molecule has 0 fully saturated rings. The normalized spacial score (nSPS) is 17.1. The van der Waals surface area contributed by atoms with Gasteiger partial charge < -0.3 is 5.11 Å². The maximum atomic E-state index is 10.4. The molecule has 15 heavy (non-hydrogen) atoms. The molecule has 2 atom stereocenters. The number of benzene rings is 1. The van der Waals surface area contributed by atoms with Gasteiger partial charge in [-0.3, -0.25) is 0 Å². The molecule has 0 spiro atoms. The van der Waals surface area contributed by atoms with Crippen molar-refractivity contribution in [1.29, 1.82) is 0 Å². The Morgan fingerprint density at radius 2 is 2.00 bits per heavy atom. The van der Waals surface area contributed by atoms with Crippen molar-refractivity contribution in [3.63, 3.8) is 0 Å². The van der Waals surface area contributed by atoms with Gasteiger partial charge in [-0.15, -0.1) is 0 Å². The first-order chi connectivity index (χ1) is 6.97. The Balaban J connectivity index is 2.90. The van der Waals surface area contributed by atoms with Gasteiger partial charge in [-0.2, -0.15) is 0 Å². The van der Waals surface area contributed by atoms with Gasteiger partial charge in [0.25, 0.3) is 0 Å². The number of aliphatic hydroxyl groups is 1. The Hall–Kier alpha value is -0.340. The molecule has 1 rings (SSSR count). The van der Waals surface area contributed by atoms with Crippen LogP contribution in [0.15, 0.2) is 28.7 Å². The van der Waals surface area contributed by atoms with Crippen molar-refractivity contribution in [2.45, 2.75) is 39.2 Å². The second kappa shape index (κ2) is 5.13. The second-order valence-corrected chi connectivity index (χ2v) is 5.33. The zero-order valence-corrected chi connectivity index (χ0v) is 11.2. The quantitative estimate of drug-likeness (QED) is 0.874. The molecule has 2 unspecified atom stereocenters. The molecule has 0 aliphatic carbocycles. The van der Waals surface area contributed by atoms with Gasteiger partial charge in [0.05, 0.1) is 5.60 Å². The van der Waals surface area contributed by atoms with E-state index in [0.29, 0.717) is 5.92 Å². The predicted octanol–water partition coefficient (Wildman–Crippen LogP) is 4.09. The molecule has 1 aromatic rings. The van der Waals surface area contributed by atoms with Crippen LogP contribution in [0.4, 0.5) is 0 Å². The Kier molecular flexibility index (Phi) is 4.35. The molecule has 0 bridgehead atoms. The summed E-state index contributed by atoms with van der Waals surface area (Å²) in [5.41, 5.74) is 0.237. The number of hydrogen-bond donors (Lipinski definition) is 1. The highest BCUT2D eigenvalue weighted by atomic mass is 79.9. The smallest absolute Gasteiger partial charge is 0.0881 e. The largest absolute Gasteiger partial charge is 0.385 e. The standard InChI is InChI=1S/C13H19BrO/c1-4-10(2)9-13(3,15)11-7-5-6-8-12(11)14/h5-8,10,15H,4,9H2,1-3H3. The summed E-state index contributed by atoms with van der Waals surface area (Å²) in [5.74, 6) is 0.534. The SMILES string of the molecule is CCC(C)CC(C)(O)c1ccccc1Br. The predicted molar refractivity (Wildman–Crippen MR) is 67.8 cm³/mol. The third-order valence-corrected chi connectivity index (χ3v) is 3.59. The van der Waals surface area contributed by atoms with Crippen LogP contribution in [-0.2, 0) is 5.60 Å². The molecule has 0 amide bonds. The van der Waals surface area contributed by atoms with Crippen molar-refractivity contribution in [3.8, 4) is 0 Å². The maximum absolute atomic E-state index is 10.4. The Bertz CT molecular complexity index is 320. The zero-order valence-electron chi connectivity index (χ0n) is 9.63. The second-order valence-electron chi connectivity index (χ2n) is 4.47. The lowest BCUT2D eigenvalue weighted by Crippen LogP contribution is -2.24. The summed E-state index contributed by atoms with van der Waals surface area (Å²) in [6.07, 6.45) is 1.90. The molecule has 1 nitrogen and oxygen atoms in total. The molecular formula is C13H19BrO. The zero-order chi connectivity index (χ0) is 11.5. The Morgan fingerprint density at radius 3 is 2.53 bits per heavy atom. The van der Waals surface area contributed by atoms with Crippen molar-refractivity contribution in [2.24, 2.45) is 5.92 Å². The summed E-state index contributed by atoms with van der Waals surface area (Å²) < 4.78 is 0.985. The first-order valence-corrected chi connectivity index (χ1v) is 6.24. The highest BCUT2D eigenvalue weighted by molar-refractivity contribution is 9.10. The number of hydrogen-bond acceptors (Lipinski definition) is 1. The molecule has 2 heteroatoms. The third kappa shape index (κ3) is 3.32. The first kappa shape index (κ1) is 12.7. The van der Waals surface area contributed by atoms with Crippen molar-refractivity contribution in [1.82, 2.24) is 0 Å². The van der Waals surface area contributed by atoms with Crippen LogP contribution in [0.5, 0.6) is 0 Å². The van der Waals surface area contributed by atoms with E-state index in [1.165, 1.54) is 0 Å². The molecule has 0 saturated carbocycles. The van der Waals surface area contributed by atoms with E-state index in [2.05, 4.69) is 29.8 Å². The van der Waals surface area contributed by atoms with Crippen LogP contribution < -0.4 is 0 Å². The summed E-state index contributed by atoms with van der Waals surface area (Å²) in [6.45, 7) is 6.21. The number of halogens is 1. The molecule has 1 aromatic carbocycles. The molecule has 0 aromatic heterocycles. The minimum atomic E-state index is -0.741. The van der Waals surface area contributed by atoms with Crippen molar-refractivity contribution < 1.29 is 5.11 Å². The van der Waals surface area contributed by atoms with Gasteiger partial charge in [0.2, 0.25) is 0 Å². The minimum absolute atomic E-state index is 0.534. The van der Waals surface area contributed by atoms with E-state index in [9.17, 15) is 5.11 Å². The molecule has 0 aliphatic heterocycles. The summed E-state index contributed by atoms with van der Waals surface area (Å²) in [7, 11) is 0. The molecule has 0 heterocycles. The average molecular weight is 271 g/mol. The van der Waals surface area contributed by atoms with Crippen molar-refractivity contribution in [2.75, 3.05) is 0 Å². The Labute approximate surface area is 101 Å². The highest BCUT2D eigenvalue weighted by Gasteiger charge is 2.26. The summed E-state index contributed by atoms with van der Waals surface area (Å²) in [6, 6.07) is 7.88. The van der Waals surface area contributed by atoms with Crippen LogP contribution in [-0.4, -0.2) is 5.11 Å². The summed E-state index contributed by atoms with van der Waals surface area (Å²) in [4.78, 5) is 0. The fourth-order valence-corrected chi connectivity index (χ4v) is 2.54. The van der Waals surface area contributed by atoms with Crippen LogP contribution in [0.25, 0.3) is 0 Å².